The first-order chi connectivity index (χ1) is 9.63. The van der Waals surface area contributed by atoms with E-state index in [2.05, 4.69) is 10.3 Å². The van der Waals surface area contributed by atoms with E-state index in [-0.39, 0.29) is 11.9 Å². The van der Waals surface area contributed by atoms with Crippen molar-refractivity contribution in [3.63, 3.8) is 0 Å². The number of aromatic nitrogens is 1. The van der Waals surface area contributed by atoms with Crippen molar-refractivity contribution in [2.45, 2.75) is 13.0 Å². The Balaban J connectivity index is 2.17. The van der Waals surface area contributed by atoms with Crippen molar-refractivity contribution in [3.05, 3.63) is 53.9 Å². The minimum atomic E-state index is -0.250. The number of carbonyl (C=O) groups excluding carboxylic acids is 1. The fourth-order valence-electron chi connectivity index (χ4n) is 1.90. The number of nitrogens with one attached hydrogen (secondary N) is 1. The van der Waals surface area contributed by atoms with Crippen LogP contribution in [-0.2, 0) is 0 Å². The van der Waals surface area contributed by atoms with Gasteiger partial charge in [-0.2, -0.15) is 0 Å². The quantitative estimate of drug-likeness (QED) is 0.835. The molecule has 0 bridgehead atoms. The zero-order valence-corrected chi connectivity index (χ0v) is 11.5. The number of hydrogen-bond acceptors (Lipinski definition) is 4. The number of nitrogens with two attached hydrogens (primary N) is 1. The zero-order chi connectivity index (χ0) is 14.5. The average Bonchev–Trinajstić information content (AvgIpc) is 2.48. The van der Waals surface area contributed by atoms with Crippen LogP contribution in [0.2, 0.25) is 0 Å². The van der Waals surface area contributed by atoms with Crippen molar-refractivity contribution in [2.24, 2.45) is 0 Å². The smallest absolute Gasteiger partial charge is 0.254 e. The number of para-hydroxylation sites is 1. The highest BCUT2D eigenvalue weighted by molar-refractivity contribution is 6.00. The Kier molecular flexibility index (Phi) is 4.20. The predicted octanol–water partition coefficient (Wildman–Crippen LogP) is 2.16. The predicted molar refractivity (Wildman–Crippen MR) is 77.5 cm³/mol. The van der Waals surface area contributed by atoms with Gasteiger partial charge in [0.05, 0.1) is 30.1 Å². The summed E-state index contributed by atoms with van der Waals surface area (Å²) in [7, 11) is 1.52. The molecule has 1 unspecified atom stereocenters. The van der Waals surface area contributed by atoms with Gasteiger partial charge < -0.3 is 15.8 Å². The van der Waals surface area contributed by atoms with Gasteiger partial charge in [-0.05, 0) is 31.2 Å². The maximum Gasteiger partial charge on any atom is 0.254 e. The molecular formula is C15H17N3O2. The Bertz CT molecular complexity index is 599. The minimum Gasteiger partial charge on any atom is -0.495 e. The highest BCUT2D eigenvalue weighted by Gasteiger charge is 2.16. The molecule has 1 amide bonds. The standard InChI is InChI=1S/C15H17N3O2/c1-10(12-7-3-4-9-17-12)18-15(19)11-6-5-8-13(20-2)14(11)16/h3-10H,16H2,1-2H3,(H,18,19). The van der Waals surface area contributed by atoms with Crippen LogP contribution < -0.4 is 15.8 Å². The van der Waals surface area contributed by atoms with Gasteiger partial charge in [0, 0.05) is 6.20 Å². The van der Waals surface area contributed by atoms with Crippen molar-refractivity contribution in [1.82, 2.24) is 10.3 Å². The van der Waals surface area contributed by atoms with Crippen LogP contribution in [0.25, 0.3) is 0 Å². The summed E-state index contributed by atoms with van der Waals surface area (Å²) in [4.78, 5) is 16.5. The lowest BCUT2D eigenvalue weighted by molar-refractivity contribution is 0.0939. The van der Waals surface area contributed by atoms with Crippen molar-refractivity contribution in [2.75, 3.05) is 12.8 Å². The summed E-state index contributed by atoms with van der Waals surface area (Å²) in [6.07, 6.45) is 1.69. The Hall–Kier alpha value is -2.56. The maximum absolute atomic E-state index is 12.2. The van der Waals surface area contributed by atoms with Gasteiger partial charge in [-0.15, -0.1) is 0 Å². The number of carbonyl (C=O) groups is 1. The normalized spacial score (nSPS) is 11.7. The number of nitrogens with zero attached hydrogens (tertiary/aromatic N) is 1. The fourth-order valence-corrected chi connectivity index (χ4v) is 1.90. The molecule has 0 aliphatic carbocycles. The minimum absolute atomic E-state index is 0.200. The first kappa shape index (κ1) is 13.9. The number of anilines is 1. The highest BCUT2D eigenvalue weighted by Crippen LogP contribution is 2.25. The monoisotopic (exact) mass is 271 g/mol. The summed E-state index contributed by atoms with van der Waals surface area (Å²) < 4.78 is 5.11. The number of nitrogen functional groups attached to an aromatic ring is 1. The molecule has 1 aromatic carbocycles. The van der Waals surface area contributed by atoms with Gasteiger partial charge in [0.15, 0.2) is 0 Å². The molecular weight excluding hydrogens is 254 g/mol. The van der Waals surface area contributed by atoms with E-state index in [9.17, 15) is 4.79 Å². The summed E-state index contributed by atoms with van der Waals surface area (Å²) in [5, 5.41) is 2.87. The van der Waals surface area contributed by atoms with Crippen molar-refractivity contribution in [1.29, 1.82) is 0 Å². The number of ether oxygens (including phenoxy) is 1. The Morgan fingerprint density at radius 2 is 2.10 bits per heavy atom. The fraction of sp³-hybridized carbons (Fsp3) is 0.200. The molecule has 104 valence electrons. The number of rotatable bonds is 4. The van der Waals surface area contributed by atoms with E-state index in [1.807, 2.05) is 25.1 Å². The van der Waals surface area contributed by atoms with E-state index in [0.717, 1.165) is 5.69 Å². The molecule has 0 spiro atoms. The molecule has 0 aliphatic rings. The molecule has 20 heavy (non-hydrogen) atoms. The largest absolute Gasteiger partial charge is 0.495 e. The van der Waals surface area contributed by atoms with Crippen LogP contribution >= 0.6 is 0 Å². The molecule has 0 radical (unpaired) electrons. The lowest BCUT2D eigenvalue weighted by Gasteiger charge is -2.15. The van der Waals surface area contributed by atoms with Crippen molar-refractivity contribution < 1.29 is 9.53 Å². The Labute approximate surface area is 117 Å². The van der Waals surface area contributed by atoms with Gasteiger partial charge in [-0.25, -0.2) is 0 Å². The van der Waals surface area contributed by atoms with Crippen molar-refractivity contribution in [3.8, 4) is 5.75 Å². The van der Waals surface area contributed by atoms with Gasteiger partial charge in [0.25, 0.3) is 5.91 Å². The number of methoxy groups -OCH3 is 1. The molecule has 1 aromatic heterocycles. The molecule has 2 aromatic rings. The number of benzene rings is 1. The van der Waals surface area contributed by atoms with E-state index in [1.165, 1.54) is 7.11 Å². The summed E-state index contributed by atoms with van der Waals surface area (Å²) >= 11 is 0. The molecule has 0 saturated carbocycles. The van der Waals surface area contributed by atoms with Crippen LogP contribution in [-0.4, -0.2) is 18.0 Å². The Morgan fingerprint density at radius 1 is 1.30 bits per heavy atom. The highest BCUT2D eigenvalue weighted by atomic mass is 16.5. The molecule has 5 nitrogen and oxygen atoms in total. The van der Waals surface area contributed by atoms with Crippen molar-refractivity contribution >= 4 is 11.6 Å². The average molecular weight is 271 g/mol. The van der Waals surface area contributed by atoms with E-state index in [0.29, 0.717) is 17.0 Å². The number of amides is 1. The third-order valence-electron chi connectivity index (χ3n) is 3.01. The van der Waals surface area contributed by atoms with Gasteiger partial charge in [0.2, 0.25) is 0 Å². The topological polar surface area (TPSA) is 77.2 Å². The third-order valence-corrected chi connectivity index (χ3v) is 3.01. The molecule has 0 aliphatic heterocycles. The van der Waals surface area contributed by atoms with E-state index < -0.39 is 0 Å². The van der Waals surface area contributed by atoms with Crippen LogP contribution in [0.3, 0.4) is 0 Å². The van der Waals surface area contributed by atoms with Crippen LogP contribution in [0, 0.1) is 0 Å². The lowest BCUT2D eigenvalue weighted by atomic mass is 10.1. The third kappa shape index (κ3) is 2.88. The molecule has 3 N–H and O–H groups in total. The van der Waals surface area contributed by atoms with Gasteiger partial charge in [0.1, 0.15) is 5.75 Å². The second-order valence-corrected chi connectivity index (χ2v) is 4.37. The summed E-state index contributed by atoms with van der Waals surface area (Å²) in [6, 6.07) is 10.5. The first-order valence-corrected chi connectivity index (χ1v) is 6.27. The Morgan fingerprint density at radius 3 is 2.75 bits per heavy atom. The SMILES string of the molecule is COc1cccc(C(=O)NC(C)c2ccccn2)c1N. The van der Waals surface area contributed by atoms with Crippen LogP contribution in [0.4, 0.5) is 5.69 Å². The second-order valence-electron chi connectivity index (χ2n) is 4.37. The summed E-state index contributed by atoms with van der Waals surface area (Å²) in [5.74, 6) is 0.239. The first-order valence-electron chi connectivity index (χ1n) is 6.27. The lowest BCUT2D eigenvalue weighted by Crippen LogP contribution is -2.28. The number of pyridine rings is 1. The molecule has 5 heteroatoms. The second kappa shape index (κ2) is 6.06. The number of hydrogen-bond donors (Lipinski definition) is 2. The van der Waals surface area contributed by atoms with Crippen LogP contribution in [0.15, 0.2) is 42.6 Å². The molecule has 1 atom stereocenters. The molecule has 0 fully saturated rings. The molecule has 2 rings (SSSR count). The molecule has 1 heterocycles. The maximum atomic E-state index is 12.2. The summed E-state index contributed by atoms with van der Waals surface area (Å²) in [5.41, 5.74) is 7.43. The van der Waals surface area contributed by atoms with Gasteiger partial charge >= 0.3 is 0 Å². The van der Waals surface area contributed by atoms with Crippen LogP contribution in [0.1, 0.15) is 29.0 Å². The van der Waals surface area contributed by atoms with E-state index >= 15 is 0 Å². The van der Waals surface area contributed by atoms with E-state index in [1.54, 1.807) is 24.4 Å². The van der Waals surface area contributed by atoms with E-state index in [4.69, 9.17) is 10.5 Å². The van der Waals surface area contributed by atoms with Gasteiger partial charge in [-0.3, -0.25) is 9.78 Å². The van der Waals surface area contributed by atoms with Gasteiger partial charge in [-0.1, -0.05) is 12.1 Å². The van der Waals surface area contributed by atoms with Crippen LogP contribution in [0.5, 0.6) is 5.75 Å². The molecule has 0 saturated heterocycles. The summed E-state index contributed by atoms with van der Waals surface area (Å²) in [6.45, 7) is 1.87. The zero-order valence-electron chi connectivity index (χ0n) is 11.5.